The van der Waals surface area contributed by atoms with Gasteiger partial charge in [0.2, 0.25) is 5.78 Å². The van der Waals surface area contributed by atoms with Gasteiger partial charge < -0.3 is 14.3 Å². The lowest BCUT2D eigenvalue weighted by Crippen LogP contribution is -2.15. The van der Waals surface area contributed by atoms with Crippen molar-refractivity contribution in [2.24, 2.45) is 0 Å². The Morgan fingerprint density at radius 1 is 0.931 bits per heavy atom. The van der Waals surface area contributed by atoms with Crippen molar-refractivity contribution >= 4 is 22.7 Å². The molecule has 3 aromatic carbocycles. The van der Waals surface area contributed by atoms with E-state index in [1.165, 1.54) is 7.11 Å². The van der Waals surface area contributed by atoms with Crippen LogP contribution in [-0.2, 0) is 16.0 Å². The van der Waals surface area contributed by atoms with E-state index in [0.717, 1.165) is 22.1 Å². The third kappa shape index (κ3) is 3.50. The number of carbonyl (C=O) groups is 2. The normalized spacial score (nSPS) is 10.8. The highest BCUT2D eigenvalue weighted by atomic mass is 16.5. The monoisotopic (exact) mass is 386 g/mol. The molecule has 144 valence electrons. The van der Waals surface area contributed by atoms with Crippen LogP contribution in [0, 0.1) is 0 Å². The molecule has 0 saturated heterocycles. The number of hydrogen-bond acceptors (Lipinski definition) is 4. The predicted octanol–water partition coefficient (Wildman–Crippen LogP) is 4.97. The summed E-state index contributed by atoms with van der Waals surface area (Å²) in [6.45, 7) is 0. The third-order valence-electron chi connectivity index (χ3n) is 4.78. The number of aliphatic carboxylic acids is 1. The molecule has 4 rings (SSSR count). The van der Waals surface area contributed by atoms with Gasteiger partial charge in [0, 0.05) is 34.6 Å². The van der Waals surface area contributed by atoms with Crippen molar-refractivity contribution in [3.63, 3.8) is 0 Å². The summed E-state index contributed by atoms with van der Waals surface area (Å²) >= 11 is 0. The van der Waals surface area contributed by atoms with Crippen molar-refractivity contribution in [1.29, 1.82) is 0 Å². The highest BCUT2D eigenvalue weighted by Gasteiger charge is 2.22. The van der Waals surface area contributed by atoms with Crippen LogP contribution in [0.25, 0.3) is 33.4 Å². The molecule has 0 radical (unpaired) electrons. The average molecular weight is 386 g/mol. The maximum Gasteiger partial charge on any atom is 0.372 e. The molecule has 0 saturated carbocycles. The van der Waals surface area contributed by atoms with E-state index >= 15 is 0 Å². The minimum absolute atomic E-state index is 0.255. The zero-order valence-electron chi connectivity index (χ0n) is 15.7. The van der Waals surface area contributed by atoms with Crippen LogP contribution in [0.4, 0.5) is 0 Å². The second kappa shape index (κ2) is 7.64. The van der Waals surface area contributed by atoms with Gasteiger partial charge >= 0.3 is 5.97 Å². The Morgan fingerprint density at radius 3 is 2.14 bits per heavy atom. The van der Waals surface area contributed by atoms with Crippen molar-refractivity contribution in [2.75, 3.05) is 7.11 Å². The average Bonchev–Trinajstić information content (AvgIpc) is 3.12. The fraction of sp³-hybridized carbons (Fsp3) is 0.0833. The largest absolute Gasteiger partial charge is 0.496 e. The quantitative estimate of drug-likeness (QED) is 0.473. The van der Waals surface area contributed by atoms with Crippen molar-refractivity contribution in [3.05, 3.63) is 78.4 Å². The Bertz CT molecular complexity index is 1190. The number of ether oxygens (including phenoxy) is 1. The van der Waals surface area contributed by atoms with E-state index in [4.69, 9.17) is 14.3 Å². The molecule has 0 fully saturated rings. The number of fused-ring (bicyclic) bond motifs is 1. The fourth-order valence-corrected chi connectivity index (χ4v) is 3.43. The standard InChI is InChI=1S/C24H18O5/c1-28-20-14-21-18(12-17(20)13-19(25)24(26)27)22(15-8-4-2-5-9-15)23(29-21)16-10-6-3-7-11-16/h2-12,14H,13H2,1H3,(H,26,27). The smallest absolute Gasteiger partial charge is 0.372 e. The Hall–Kier alpha value is -3.86. The van der Waals surface area contributed by atoms with E-state index in [0.29, 0.717) is 22.7 Å². The Morgan fingerprint density at radius 2 is 1.55 bits per heavy atom. The van der Waals surface area contributed by atoms with Crippen molar-refractivity contribution in [2.45, 2.75) is 6.42 Å². The molecule has 0 aliphatic carbocycles. The van der Waals surface area contributed by atoms with Gasteiger partial charge in [-0.3, -0.25) is 4.79 Å². The maximum absolute atomic E-state index is 11.8. The fourth-order valence-electron chi connectivity index (χ4n) is 3.43. The minimum Gasteiger partial charge on any atom is -0.496 e. The minimum atomic E-state index is -1.47. The molecule has 0 unspecified atom stereocenters. The number of carboxylic acid groups (broad SMARTS) is 1. The third-order valence-corrected chi connectivity index (χ3v) is 4.78. The van der Waals surface area contributed by atoms with E-state index < -0.39 is 11.8 Å². The molecule has 0 aliphatic heterocycles. The van der Waals surface area contributed by atoms with Crippen LogP contribution in [-0.4, -0.2) is 24.0 Å². The summed E-state index contributed by atoms with van der Waals surface area (Å²) in [5.41, 5.74) is 3.88. The Kier molecular flexibility index (Phi) is 4.87. The summed E-state index contributed by atoms with van der Waals surface area (Å²) < 4.78 is 11.6. The van der Waals surface area contributed by atoms with Crippen LogP contribution in [0.3, 0.4) is 0 Å². The number of hydrogen-bond donors (Lipinski definition) is 1. The predicted molar refractivity (Wildman–Crippen MR) is 110 cm³/mol. The van der Waals surface area contributed by atoms with Crippen LogP contribution >= 0.6 is 0 Å². The molecule has 29 heavy (non-hydrogen) atoms. The van der Waals surface area contributed by atoms with Crippen LogP contribution in [0.2, 0.25) is 0 Å². The molecule has 0 atom stereocenters. The summed E-state index contributed by atoms with van der Waals surface area (Å²) in [7, 11) is 1.48. The SMILES string of the molecule is COc1cc2oc(-c3ccccc3)c(-c3ccccc3)c2cc1CC(=O)C(=O)O. The number of methoxy groups -OCH3 is 1. The molecule has 0 bridgehead atoms. The lowest BCUT2D eigenvalue weighted by Gasteiger charge is -2.08. The lowest BCUT2D eigenvalue weighted by atomic mass is 9.96. The van der Waals surface area contributed by atoms with Gasteiger partial charge in [0.15, 0.2) is 0 Å². The highest BCUT2D eigenvalue weighted by Crippen LogP contribution is 2.42. The first-order valence-corrected chi connectivity index (χ1v) is 9.09. The summed E-state index contributed by atoms with van der Waals surface area (Å²) in [4.78, 5) is 22.9. The van der Waals surface area contributed by atoms with Crippen LogP contribution < -0.4 is 4.74 Å². The zero-order valence-corrected chi connectivity index (χ0v) is 15.7. The molecule has 0 spiro atoms. The first kappa shape index (κ1) is 18.5. The van der Waals surface area contributed by atoms with Crippen LogP contribution in [0.5, 0.6) is 5.75 Å². The lowest BCUT2D eigenvalue weighted by molar-refractivity contribution is -0.148. The maximum atomic E-state index is 11.8. The first-order valence-electron chi connectivity index (χ1n) is 9.09. The number of benzene rings is 3. The molecular weight excluding hydrogens is 368 g/mol. The molecule has 5 heteroatoms. The Balaban J connectivity index is 1.99. The Labute approximate surface area is 167 Å². The molecule has 0 aliphatic rings. The van der Waals surface area contributed by atoms with Crippen LogP contribution in [0.1, 0.15) is 5.56 Å². The molecule has 5 nitrogen and oxygen atoms in total. The molecule has 4 aromatic rings. The van der Waals surface area contributed by atoms with E-state index in [1.807, 2.05) is 60.7 Å². The number of carbonyl (C=O) groups excluding carboxylic acids is 1. The number of rotatable bonds is 6. The summed E-state index contributed by atoms with van der Waals surface area (Å²) in [6.07, 6.45) is -0.255. The summed E-state index contributed by atoms with van der Waals surface area (Å²) in [6, 6.07) is 23.1. The van der Waals surface area contributed by atoms with E-state index in [9.17, 15) is 9.59 Å². The second-order valence-electron chi connectivity index (χ2n) is 6.60. The molecule has 1 heterocycles. The van der Waals surface area contributed by atoms with E-state index in [1.54, 1.807) is 12.1 Å². The topological polar surface area (TPSA) is 76.7 Å². The van der Waals surface area contributed by atoms with Gasteiger partial charge in [0.1, 0.15) is 17.1 Å². The molecule has 1 N–H and O–H groups in total. The van der Waals surface area contributed by atoms with Gasteiger partial charge in [-0.2, -0.15) is 0 Å². The van der Waals surface area contributed by atoms with Crippen molar-refractivity contribution in [1.82, 2.24) is 0 Å². The van der Waals surface area contributed by atoms with E-state index in [-0.39, 0.29) is 6.42 Å². The van der Waals surface area contributed by atoms with Gasteiger partial charge in [0.25, 0.3) is 0 Å². The van der Waals surface area contributed by atoms with Gasteiger partial charge in [-0.25, -0.2) is 4.79 Å². The van der Waals surface area contributed by atoms with Gasteiger partial charge in [-0.1, -0.05) is 60.7 Å². The number of carboxylic acids is 1. The van der Waals surface area contributed by atoms with E-state index in [2.05, 4.69) is 0 Å². The first-order chi connectivity index (χ1) is 14.1. The van der Waals surface area contributed by atoms with Gasteiger partial charge in [0.05, 0.1) is 7.11 Å². The second-order valence-corrected chi connectivity index (χ2v) is 6.60. The number of ketones is 1. The van der Waals surface area contributed by atoms with Gasteiger partial charge in [-0.05, 0) is 11.6 Å². The van der Waals surface area contributed by atoms with Crippen LogP contribution in [0.15, 0.2) is 77.2 Å². The van der Waals surface area contributed by atoms with Crippen molar-refractivity contribution in [3.8, 4) is 28.2 Å². The highest BCUT2D eigenvalue weighted by molar-refractivity contribution is 6.33. The number of Topliss-reactive ketones (excluding diaryl/α,β-unsaturated/α-hetero) is 1. The zero-order chi connectivity index (χ0) is 20.4. The summed E-state index contributed by atoms with van der Waals surface area (Å²) in [5, 5.41) is 9.79. The molecule has 1 aromatic heterocycles. The number of furan rings is 1. The molecule has 0 amide bonds. The summed E-state index contributed by atoms with van der Waals surface area (Å²) in [5.74, 6) is -1.24. The molecular formula is C24H18O5. The van der Waals surface area contributed by atoms with Crippen molar-refractivity contribution < 1.29 is 23.8 Å². The van der Waals surface area contributed by atoms with Gasteiger partial charge in [-0.15, -0.1) is 0 Å².